The molecule has 1 aliphatic carbocycles. The van der Waals surface area contributed by atoms with Crippen LogP contribution in [0, 0.1) is 0 Å². The minimum Gasteiger partial charge on any atom is -0.480 e. The average Bonchev–Trinajstić information content (AvgIpc) is 3.39. The molecule has 1 saturated heterocycles. The Hall–Kier alpha value is -2.22. The number of urea groups is 1. The summed E-state index contributed by atoms with van der Waals surface area (Å²) >= 11 is 1.69. The highest BCUT2D eigenvalue weighted by atomic mass is 32.2. The van der Waals surface area contributed by atoms with Crippen molar-refractivity contribution >= 4 is 35.4 Å². The Morgan fingerprint density at radius 1 is 1.16 bits per heavy atom. The molecule has 0 bridgehead atoms. The molecule has 2 fully saturated rings. The number of benzene rings is 1. The summed E-state index contributed by atoms with van der Waals surface area (Å²) in [7, 11) is 0. The topological polar surface area (TPSA) is 108 Å². The molecule has 1 aromatic rings. The molecule has 0 unspecified atom stereocenters. The van der Waals surface area contributed by atoms with E-state index in [-0.39, 0.29) is 12.1 Å². The van der Waals surface area contributed by atoms with Gasteiger partial charge in [-0.25, -0.2) is 9.59 Å². The third-order valence-electron chi connectivity index (χ3n) is 4.40. The minimum atomic E-state index is -1.21. The van der Waals surface area contributed by atoms with Crippen molar-refractivity contribution in [1.82, 2.24) is 10.6 Å². The van der Waals surface area contributed by atoms with Gasteiger partial charge in [-0.15, -0.1) is 0 Å². The number of anilines is 1. The second-order valence-corrected chi connectivity index (χ2v) is 7.63. The van der Waals surface area contributed by atoms with Gasteiger partial charge in [-0.2, -0.15) is 11.8 Å². The molecule has 7 nitrogen and oxygen atoms in total. The number of amides is 3. The third kappa shape index (κ3) is 4.45. The van der Waals surface area contributed by atoms with Gasteiger partial charge in [-0.1, -0.05) is 6.07 Å². The molecule has 0 atom stereocenters. The van der Waals surface area contributed by atoms with Gasteiger partial charge in [-0.05, 0) is 55.4 Å². The summed E-state index contributed by atoms with van der Waals surface area (Å²) in [6, 6.07) is 6.44. The van der Waals surface area contributed by atoms with Gasteiger partial charge in [-0.3, -0.25) is 4.79 Å². The molecule has 1 aromatic carbocycles. The molecule has 4 N–H and O–H groups in total. The highest BCUT2D eigenvalue weighted by Crippen LogP contribution is 2.28. The number of carbonyl (C=O) groups is 3. The van der Waals surface area contributed by atoms with Crippen molar-refractivity contribution in [2.75, 3.05) is 16.8 Å². The van der Waals surface area contributed by atoms with Crippen molar-refractivity contribution < 1.29 is 19.5 Å². The largest absolute Gasteiger partial charge is 0.480 e. The summed E-state index contributed by atoms with van der Waals surface area (Å²) in [5, 5.41) is 17.8. The molecule has 0 aromatic heterocycles. The summed E-state index contributed by atoms with van der Waals surface area (Å²) in [6.07, 6.45) is 2.79. The first-order chi connectivity index (χ1) is 12.0. The number of thioether (sulfide) groups is 1. The molecule has 1 aliphatic heterocycles. The standard InChI is InChI=1S/C17H21N3O4S/c21-14(20-17(15(22)23)6-8-25-9-7-17)11-2-1-3-13(10-11)19-16(24)18-12-4-5-12/h1-3,10,12H,4-9H2,(H,20,21)(H,22,23)(H2,18,19,24). The Kier molecular flexibility index (Phi) is 5.17. The van der Waals surface area contributed by atoms with Crippen LogP contribution in [0.15, 0.2) is 24.3 Å². The Labute approximate surface area is 149 Å². The first kappa shape index (κ1) is 17.6. The van der Waals surface area contributed by atoms with Crippen LogP contribution in [0.5, 0.6) is 0 Å². The lowest BCUT2D eigenvalue weighted by atomic mass is 9.92. The number of carboxylic acid groups (broad SMARTS) is 1. The van der Waals surface area contributed by atoms with Crippen LogP contribution in [0.3, 0.4) is 0 Å². The fraction of sp³-hybridized carbons (Fsp3) is 0.471. The fourth-order valence-corrected chi connectivity index (χ4v) is 3.91. The number of carboxylic acids is 1. The normalized spacial score (nSPS) is 18.9. The maximum absolute atomic E-state index is 12.5. The third-order valence-corrected chi connectivity index (χ3v) is 5.39. The molecule has 1 heterocycles. The second kappa shape index (κ2) is 7.35. The lowest BCUT2D eigenvalue weighted by Gasteiger charge is -2.33. The van der Waals surface area contributed by atoms with Gasteiger partial charge in [0, 0.05) is 17.3 Å². The zero-order valence-electron chi connectivity index (χ0n) is 13.7. The molecule has 0 spiro atoms. The molecule has 1 saturated carbocycles. The van der Waals surface area contributed by atoms with Crippen LogP contribution < -0.4 is 16.0 Å². The van der Waals surface area contributed by atoms with E-state index in [2.05, 4.69) is 16.0 Å². The van der Waals surface area contributed by atoms with Crippen molar-refractivity contribution in [2.24, 2.45) is 0 Å². The minimum absolute atomic E-state index is 0.242. The van der Waals surface area contributed by atoms with Crippen LogP contribution in [0.4, 0.5) is 10.5 Å². The summed E-state index contributed by atoms with van der Waals surface area (Å²) in [6.45, 7) is 0. The zero-order valence-corrected chi connectivity index (χ0v) is 14.5. The summed E-state index contributed by atoms with van der Waals surface area (Å²) in [5.41, 5.74) is -0.396. The van der Waals surface area contributed by atoms with E-state index in [0.29, 0.717) is 35.6 Å². The van der Waals surface area contributed by atoms with Gasteiger partial charge >= 0.3 is 12.0 Å². The van der Waals surface area contributed by atoms with E-state index >= 15 is 0 Å². The Morgan fingerprint density at radius 2 is 1.88 bits per heavy atom. The van der Waals surface area contributed by atoms with E-state index in [0.717, 1.165) is 12.8 Å². The van der Waals surface area contributed by atoms with Crippen molar-refractivity contribution in [3.05, 3.63) is 29.8 Å². The number of rotatable bonds is 5. The van der Waals surface area contributed by atoms with Crippen LogP contribution in [0.25, 0.3) is 0 Å². The lowest BCUT2D eigenvalue weighted by molar-refractivity contribution is -0.144. The molecule has 2 aliphatic rings. The van der Waals surface area contributed by atoms with Crippen LogP contribution >= 0.6 is 11.8 Å². The predicted octanol–water partition coefficient (Wildman–Crippen LogP) is 2.05. The van der Waals surface area contributed by atoms with Crippen molar-refractivity contribution in [3.63, 3.8) is 0 Å². The lowest BCUT2D eigenvalue weighted by Crippen LogP contribution is -2.56. The quantitative estimate of drug-likeness (QED) is 0.640. The van der Waals surface area contributed by atoms with E-state index < -0.39 is 17.4 Å². The van der Waals surface area contributed by atoms with Crippen molar-refractivity contribution in [2.45, 2.75) is 37.3 Å². The fourth-order valence-electron chi connectivity index (χ4n) is 2.72. The van der Waals surface area contributed by atoms with Gasteiger partial charge in [0.15, 0.2) is 0 Å². The molecular formula is C17H21N3O4S. The monoisotopic (exact) mass is 363 g/mol. The molecular weight excluding hydrogens is 342 g/mol. The number of hydrogen-bond acceptors (Lipinski definition) is 4. The Morgan fingerprint density at radius 3 is 2.52 bits per heavy atom. The van der Waals surface area contributed by atoms with Crippen LogP contribution in [-0.2, 0) is 4.79 Å². The maximum atomic E-state index is 12.5. The van der Waals surface area contributed by atoms with E-state index in [1.54, 1.807) is 36.0 Å². The van der Waals surface area contributed by atoms with Crippen LogP contribution in [0.2, 0.25) is 0 Å². The molecule has 0 radical (unpaired) electrons. The molecule has 3 rings (SSSR count). The Balaban J connectivity index is 1.67. The summed E-state index contributed by atoms with van der Waals surface area (Å²) in [5.74, 6) is -0.0369. The predicted molar refractivity (Wildman–Crippen MR) is 96.0 cm³/mol. The number of nitrogens with one attached hydrogen (secondary N) is 3. The van der Waals surface area contributed by atoms with Gasteiger partial charge in [0.05, 0.1) is 0 Å². The maximum Gasteiger partial charge on any atom is 0.329 e. The van der Waals surface area contributed by atoms with Gasteiger partial charge in [0.1, 0.15) is 5.54 Å². The summed E-state index contributed by atoms with van der Waals surface area (Å²) in [4.78, 5) is 36.0. The highest BCUT2D eigenvalue weighted by Gasteiger charge is 2.41. The van der Waals surface area contributed by atoms with Gasteiger partial charge in [0.2, 0.25) is 0 Å². The first-order valence-corrected chi connectivity index (χ1v) is 9.45. The van der Waals surface area contributed by atoms with E-state index in [1.807, 2.05) is 0 Å². The van der Waals surface area contributed by atoms with Gasteiger partial charge in [0.25, 0.3) is 5.91 Å². The van der Waals surface area contributed by atoms with Crippen LogP contribution in [0.1, 0.15) is 36.0 Å². The number of aliphatic carboxylic acids is 1. The zero-order chi connectivity index (χ0) is 17.9. The van der Waals surface area contributed by atoms with Crippen molar-refractivity contribution in [1.29, 1.82) is 0 Å². The first-order valence-electron chi connectivity index (χ1n) is 8.30. The average molecular weight is 363 g/mol. The van der Waals surface area contributed by atoms with Crippen LogP contribution in [-0.4, -0.2) is 46.1 Å². The van der Waals surface area contributed by atoms with Gasteiger partial charge < -0.3 is 21.1 Å². The second-order valence-electron chi connectivity index (χ2n) is 6.41. The number of carbonyl (C=O) groups excluding carboxylic acids is 2. The highest BCUT2D eigenvalue weighted by molar-refractivity contribution is 7.99. The smallest absolute Gasteiger partial charge is 0.329 e. The molecule has 8 heteroatoms. The van der Waals surface area contributed by atoms with Crippen molar-refractivity contribution in [3.8, 4) is 0 Å². The van der Waals surface area contributed by atoms with E-state index in [4.69, 9.17) is 0 Å². The molecule has 25 heavy (non-hydrogen) atoms. The van der Waals surface area contributed by atoms with E-state index in [9.17, 15) is 19.5 Å². The SMILES string of the molecule is O=C(Nc1cccc(C(=O)NC2(C(=O)O)CCSCC2)c1)NC1CC1. The number of hydrogen-bond donors (Lipinski definition) is 4. The molecule has 134 valence electrons. The molecule has 3 amide bonds. The van der Waals surface area contributed by atoms with E-state index in [1.165, 1.54) is 0 Å². The Bertz CT molecular complexity index is 684. The summed E-state index contributed by atoms with van der Waals surface area (Å²) < 4.78 is 0.